The van der Waals surface area contributed by atoms with Gasteiger partial charge in [-0.15, -0.1) is 0 Å². The lowest BCUT2D eigenvalue weighted by atomic mass is 10.2. The van der Waals surface area contributed by atoms with Gasteiger partial charge in [-0.25, -0.2) is 4.68 Å². The number of benzene rings is 1. The summed E-state index contributed by atoms with van der Waals surface area (Å²) < 4.78 is 1.40. The van der Waals surface area contributed by atoms with E-state index in [-0.39, 0.29) is 5.56 Å². The predicted molar refractivity (Wildman–Crippen MR) is 56.1 cm³/mol. The molecule has 2 aromatic rings. The summed E-state index contributed by atoms with van der Waals surface area (Å²) in [6.45, 7) is 1.95. The SMILES string of the molecule is Cc1ccc(-n2[nH]ccc2=O)c(Cl)c1. The second kappa shape index (κ2) is 3.35. The van der Waals surface area contributed by atoms with Crippen molar-refractivity contribution < 1.29 is 0 Å². The number of aromatic nitrogens is 2. The van der Waals surface area contributed by atoms with Crippen LogP contribution >= 0.6 is 11.6 Å². The molecule has 2 rings (SSSR count). The van der Waals surface area contributed by atoms with Gasteiger partial charge in [-0.05, 0) is 24.6 Å². The summed E-state index contributed by atoms with van der Waals surface area (Å²) in [5.41, 5.74) is 1.63. The lowest BCUT2D eigenvalue weighted by Crippen LogP contribution is -2.13. The van der Waals surface area contributed by atoms with Crippen LogP contribution in [0.5, 0.6) is 0 Å². The largest absolute Gasteiger partial charge is 0.298 e. The van der Waals surface area contributed by atoms with Gasteiger partial charge >= 0.3 is 0 Å². The zero-order chi connectivity index (χ0) is 10.1. The van der Waals surface area contributed by atoms with E-state index in [9.17, 15) is 4.79 Å². The van der Waals surface area contributed by atoms with Gasteiger partial charge in [0.1, 0.15) is 0 Å². The third-order valence-corrected chi connectivity index (χ3v) is 2.30. The molecule has 0 saturated heterocycles. The summed E-state index contributed by atoms with van der Waals surface area (Å²) in [4.78, 5) is 11.3. The molecule has 0 aliphatic carbocycles. The number of halogens is 1. The number of nitrogens with one attached hydrogen (secondary N) is 1. The summed E-state index contributed by atoms with van der Waals surface area (Å²) in [5, 5.41) is 3.37. The molecule has 0 spiro atoms. The van der Waals surface area contributed by atoms with Crippen molar-refractivity contribution in [2.45, 2.75) is 6.92 Å². The third kappa shape index (κ3) is 1.46. The molecule has 0 unspecified atom stereocenters. The molecular weight excluding hydrogens is 200 g/mol. The minimum Gasteiger partial charge on any atom is -0.298 e. The number of H-pyrrole nitrogens is 1. The van der Waals surface area contributed by atoms with Gasteiger partial charge in [0.2, 0.25) is 0 Å². The Labute approximate surface area is 85.9 Å². The molecule has 0 radical (unpaired) electrons. The number of rotatable bonds is 1. The monoisotopic (exact) mass is 208 g/mol. The van der Waals surface area contributed by atoms with Gasteiger partial charge in [0.05, 0.1) is 10.7 Å². The molecule has 72 valence electrons. The average molecular weight is 209 g/mol. The maximum absolute atomic E-state index is 11.3. The van der Waals surface area contributed by atoms with Crippen LogP contribution in [0.2, 0.25) is 5.02 Å². The van der Waals surface area contributed by atoms with Crippen LogP contribution in [0.3, 0.4) is 0 Å². The Bertz CT molecular complexity index is 513. The molecule has 1 N–H and O–H groups in total. The molecule has 14 heavy (non-hydrogen) atoms. The number of aryl methyl sites for hydroxylation is 1. The van der Waals surface area contributed by atoms with Crippen LogP contribution < -0.4 is 5.56 Å². The zero-order valence-electron chi connectivity index (χ0n) is 7.62. The van der Waals surface area contributed by atoms with E-state index in [0.29, 0.717) is 10.7 Å². The first-order chi connectivity index (χ1) is 6.68. The van der Waals surface area contributed by atoms with Crippen LogP contribution in [0, 0.1) is 6.92 Å². The molecular formula is C10H9ClN2O. The van der Waals surface area contributed by atoms with Crippen LogP contribution in [-0.4, -0.2) is 9.78 Å². The molecule has 0 aliphatic heterocycles. The van der Waals surface area contributed by atoms with Crippen molar-refractivity contribution in [2.24, 2.45) is 0 Å². The number of aromatic amines is 1. The van der Waals surface area contributed by atoms with Gasteiger partial charge in [0.25, 0.3) is 5.56 Å². The van der Waals surface area contributed by atoms with Gasteiger partial charge < -0.3 is 0 Å². The lowest BCUT2D eigenvalue weighted by Gasteiger charge is -2.04. The molecule has 3 nitrogen and oxygen atoms in total. The maximum Gasteiger partial charge on any atom is 0.271 e. The first-order valence-electron chi connectivity index (χ1n) is 4.21. The Morgan fingerprint density at radius 1 is 1.36 bits per heavy atom. The molecule has 0 aliphatic rings. The van der Waals surface area contributed by atoms with Crippen LogP contribution in [0.1, 0.15) is 5.56 Å². The highest BCUT2D eigenvalue weighted by Gasteiger charge is 2.04. The van der Waals surface area contributed by atoms with E-state index < -0.39 is 0 Å². The van der Waals surface area contributed by atoms with E-state index in [1.54, 1.807) is 6.20 Å². The van der Waals surface area contributed by atoms with Crippen LogP contribution in [-0.2, 0) is 0 Å². The molecule has 0 saturated carbocycles. The highest BCUT2D eigenvalue weighted by Crippen LogP contribution is 2.19. The molecule has 0 atom stereocenters. The third-order valence-electron chi connectivity index (χ3n) is 1.99. The van der Waals surface area contributed by atoms with E-state index in [1.165, 1.54) is 10.7 Å². The van der Waals surface area contributed by atoms with Crippen LogP contribution in [0.15, 0.2) is 35.3 Å². The summed E-state index contributed by atoms with van der Waals surface area (Å²) in [6.07, 6.45) is 1.58. The molecule has 1 aromatic heterocycles. The van der Waals surface area contributed by atoms with Gasteiger partial charge in [0, 0.05) is 12.3 Å². The molecule has 0 bridgehead atoms. The van der Waals surface area contributed by atoms with E-state index >= 15 is 0 Å². The summed E-state index contributed by atoms with van der Waals surface area (Å²) in [7, 11) is 0. The Kier molecular flexibility index (Phi) is 2.17. The molecule has 1 heterocycles. The van der Waals surface area contributed by atoms with Crippen molar-refractivity contribution in [1.82, 2.24) is 9.78 Å². The second-order valence-corrected chi connectivity index (χ2v) is 3.50. The van der Waals surface area contributed by atoms with Crippen molar-refractivity contribution in [1.29, 1.82) is 0 Å². The molecule has 1 aromatic carbocycles. The minimum absolute atomic E-state index is 0.115. The highest BCUT2D eigenvalue weighted by molar-refractivity contribution is 6.32. The first kappa shape index (κ1) is 9.09. The Morgan fingerprint density at radius 2 is 2.14 bits per heavy atom. The fourth-order valence-corrected chi connectivity index (χ4v) is 1.62. The Balaban J connectivity index is 2.63. The van der Waals surface area contributed by atoms with Crippen LogP contribution in [0.4, 0.5) is 0 Å². The average Bonchev–Trinajstić information content (AvgIpc) is 2.52. The van der Waals surface area contributed by atoms with Crippen molar-refractivity contribution >= 4 is 11.6 Å². The normalized spacial score (nSPS) is 10.4. The number of nitrogens with zero attached hydrogens (tertiary/aromatic N) is 1. The molecule has 4 heteroatoms. The van der Waals surface area contributed by atoms with Crippen molar-refractivity contribution in [3.05, 3.63) is 51.4 Å². The standard InChI is InChI=1S/C10H9ClN2O/c1-7-2-3-9(8(11)6-7)13-10(14)4-5-12-13/h2-6,12H,1H3. The van der Waals surface area contributed by atoms with Gasteiger partial charge in [-0.2, -0.15) is 0 Å². The second-order valence-electron chi connectivity index (χ2n) is 3.09. The van der Waals surface area contributed by atoms with E-state index in [1.807, 2.05) is 25.1 Å². The summed E-state index contributed by atoms with van der Waals surface area (Å²) >= 11 is 6.01. The zero-order valence-corrected chi connectivity index (χ0v) is 8.38. The topological polar surface area (TPSA) is 37.8 Å². The fraction of sp³-hybridized carbons (Fsp3) is 0.100. The lowest BCUT2D eigenvalue weighted by molar-refractivity contribution is 0.849. The van der Waals surface area contributed by atoms with Crippen molar-refractivity contribution in [3.63, 3.8) is 0 Å². The van der Waals surface area contributed by atoms with Gasteiger partial charge in [-0.3, -0.25) is 9.89 Å². The Hall–Kier alpha value is -1.48. The quantitative estimate of drug-likeness (QED) is 0.766. The number of hydrogen-bond donors (Lipinski definition) is 1. The van der Waals surface area contributed by atoms with Gasteiger partial charge in [0.15, 0.2) is 0 Å². The Morgan fingerprint density at radius 3 is 2.71 bits per heavy atom. The van der Waals surface area contributed by atoms with E-state index in [4.69, 9.17) is 11.6 Å². The van der Waals surface area contributed by atoms with Crippen LogP contribution in [0.25, 0.3) is 5.69 Å². The number of hydrogen-bond acceptors (Lipinski definition) is 1. The van der Waals surface area contributed by atoms with Crippen molar-refractivity contribution in [3.8, 4) is 5.69 Å². The van der Waals surface area contributed by atoms with E-state index in [2.05, 4.69) is 5.10 Å². The summed E-state index contributed by atoms with van der Waals surface area (Å²) in [5.74, 6) is 0. The highest BCUT2D eigenvalue weighted by atomic mass is 35.5. The summed E-state index contributed by atoms with van der Waals surface area (Å²) in [6, 6.07) is 7.00. The molecule has 0 fully saturated rings. The van der Waals surface area contributed by atoms with E-state index in [0.717, 1.165) is 5.56 Å². The minimum atomic E-state index is -0.115. The van der Waals surface area contributed by atoms with Crippen molar-refractivity contribution in [2.75, 3.05) is 0 Å². The first-order valence-corrected chi connectivity index (χ1v) is 4.59. The predicted octanol–water partition coefficient (Wildman–Crippen LogP) is 2.13. The molecule has 0 amide bonds. The maximum atomic E-state index is 11.3. The van der Waals surface area contributed by atoms with Gasteiger partial charge in [-0.1, -0.05) is 17.7 Å². The fourth-order valence-electron chi connectivity index (χ4n) is 1.30. The smallest absolute Gasteiger partial charge is 0.271 e.